The molecule has 5 nitrogen and oxygen atoms in total. The molecule has 0 saturated carbocycles. The summed E-state index contributed by atoms with van der Waals surface area (Å²) < 4.78 is 5.14. The fraction of sp³-hybridized carbons (Fsp3) is 0.250. The van der Waals surface area contributed by atoms with E-state index in [0.717, 1.165) is 0 Å². The minimum Gasteiger partial charge on any atom is -0.427 e. The first-order chi connectivity index (χ1) is 8.58. The predicted molar refractivity (Wildman–Crippen MR) is 60.8 cm³/mol. The van der Waals surface area contributed by atoms with Crippen molar-refractivity contribution < 1.29 is 14.3 Å². The summed E-state index contributed by atoms with van der Waals surface area (Å²) in [4.78, 5) is 23.1. The van der Waals surface area contributed by atoms with Crippen molar-refractivity contribution in [3.8, 4) is 6.07 Å². The number of imide groups is 1. The Labute approximate surface area is 107 Å². The molecular weight excluding hydrogens is 256 g/mol. The van der Waals surface area contributed by atoms with Crippen LogP contribution in [0.25, 0.3) is 0 Å². The molecule has 1 spiro atoms. The number of fused-ring (bicyclic) bond motifs is 2. The number of alkyl carbamates (subject to hydrolysis) is 1. The van der Waals surface area contributed by atoms with Crippen molar-refractivity contribution in [2.75, 3.05) is 0 Å². The maximum absolute atomic E-state index is 11.9. The van der Waals surface area contributed by atoms with Gasteiger partial charge >= 0.3 is 6.09 Å². The van der Waals surface area contributed by atoms with Gasteiger partial charge in [-0.2, -0.15) is 5.26 Å². The number of nitrogens with one attached hydrogen (secondary N) is 1. The molecule has 1 unspecified atom stereocenters. The second-order valence-electron chi connectivity index (χ2n) is 4.23. The normalized spacial score (nSPS) is 24.7. The number of carbonyl (C=O) groups excluding carboxylic acids is 2. The molecule has 90 valence electrons. The minimum absolute atomic E-state index is 0.342. The summed E-state index contributed by atoms with van der Waals surface area (Å²) in [6, 6.07) is 5.21. The molecule has 3 rings (SSSR count). The zero-order chi connectivity index (χ0) is 12.9. The number of halogens is 1. The largest absolute Gasteiger partial charge is 0.427 e. The minimum atomic E-state index is -1.28. The first-order valence-electron chi connectivity index (χ1n) is 5.35. The Kier molecular flexibility index (Phi) is 2.13. The van der Waals surface area contributed by atoms with Gasteiger partial charge in [-0.3, -0.25) is 10.1 Å². The first kappa shape index (κ1) is 11.1. The highest BCUT2D eigenvalue weighted by Crippen LogP contribution is 2.45. The third kappa shape index (κ3) is 1.21. The van der Waals surface area contributed by atoms with Gasteiger partial charge in [0.15, 0.2) is 0 Å². The van der Waals surface area contributed by atoms with Crippen LogP contribution in [0.4, 0.5) is 4.79 Å². The van der Waals surface area contributed by atoms with Crippen LogP contribution >= 0.6 is 11.6 Å². The van der Waals surface area contributed by atoms with Crippen LogP contribution < -0.4 is 5.32 Å². The van der Waals surface area contributed by atoms with Gasteiger partial charge in [-0.05, 0) is 18.1 Å². The molecule has 2 amide bonds. The van der Waals surface area contributed by atoms with E-state index in [2.05, 4.69) is 5.32 Å². The van der Waals surface area contributed by atoms with Gasteiger partial charge in [0.1, 0.15) is 6.07 Å². The fourth-order valence-electron chi connectivity index (χ4n) is 2.58. The number of hydrogen-bond acceptors (Lipinski definition) is 4. The highest BCUT2D eigenvalue weighted by molar-refractivity contribution is 6.31. The van der Waals surface area contributed by atoms with Gasteiger partial charge in [0.2, 0.25) is 5.60 Å². The lowest BCUT2D eigenvalue weighted by molar-refractivity contribution is -0.131. The van der Waals surface area contributed by atoms with E-state index in [9.17, 15) is 9.59 Å². The SMILES string of the molecule is N#Cc1c(Cl)ccc2c1CCC21OC(=O)NC1=O. The second-order valence-corrected chi connectivity index (χ2v) is 4.64. The van der Waals surface area contributed by atoms with Crippen LogP contribution in [0.3, 0.4) is 0 Å². The number of amides is 2. The van der Waals surface area contributed by atoms with Crippen molar-refractivity contribution in [1.82, 2.24) is 5.32 Å². The number of ether oxygens (including phenoxy) is 1. The van der Waals surface area contributed by atoms with Crippen LogP contribution in [-0.2, 0) is 21.6 Å². The van der Waals surface area contributed by atoms with Gasteiger partial charge in [0.25, 0.3) is 5.91 Å². The molecule has 2 aliphatic rings. The van der Waals surface area contributed by atoms with E-state index >= 15 is 0 Å². The zero-order valence-corrected chi connectivity index (χ0v) is 9.87. The summed E-state index contributed by atoms with van der Waals surface area (Å²) in [5, 5.41) is 11.6. The third-order valence-corrected chi connectivity index (χ3v) is 3.70. The number of rotatable bonds is 0. The molecule has 18 heavy (non-hydrogen) atoms. The molecular formula is C12H7ClN2O3. The second kappa shape index (κ2) is 3.47. The Bertz CT molecular complexity index is 635. The van der Waals surface area contributed by atoms with Crippen molar-refractivity contribution in [3.63, 3.8) is 0 Å². The van der Waals surface area contributed by atoms with Crippen LogP contribution in [0.15, 0.2) is 12.1 Å². The third-order valence-electron chi connectivity index (χ3n) is 3.39. The van der Waals surface area contributed by atoms with Crippen molar-refractivity contribution in [3.05, 3.63) is 33.8 Å². The Hall–Kier alpha value is -2.06. The Balaban J connectivity index is 2.23. The van der Waals surface area contributed by atoms with E-state index in [4.69, 9.17) is 21.6 Å². The highest BCUT2D eigenvalue weighted by Gasteiger charge is 2.54. The van der Waals surface area contributed by atoms with Gasteiger partial charge < -0.3 is 4.74 Å². The molecule has 1 aromatic rings. The van der Waals surface area contributed by atoms with Crippen LogP contribution in [0.5, 0.6) is 0 Å². The maximum atomic E-state index is 11.9. The number of carbonyl (C=O) groups is 2. The lowest BCUT2D eigenvalue weighted by Crippen LogP contribution is -2.34. The van der Waals surface area contributed by atoms with E-state index in [1.54, 1.807) is 12.1 Å². The van der Waals surface area contributed by atoms with Crippen molar-refractivity contribution >= 4 is 23.6 Å². The van der Waals surface area contributed by atoms with E-state index < -0.39 is 17.6 Å². The predicted octanol–water partition coefficient (Wildman–Crippen LogP) is 1.62. The van der Waals surface area contributed by atoms with Gasteiger partial charge in [-0.1, -0.05) is 17.7 Å². The van der Waals surface area contributed by atoms with Gasteiger partial charge in [-0.25, -0.2) is 4.79 Å². The lowest BCUT2D eigenvalue weighted by atomic mass is 9.94. The van der Waals surface area contributed by atoms with Crippen LogP contribution in [0, 0.1) is 11.3 Å². The fourth-order valence-corrected chi connectivity index (χ4v) is 2.80. The summed E-state index contributed by atoms with van der Waals surface area (Å²) in [5.41, 5.74) is 0.325. The molecule has 1 atom stereocenters. The average molecular weight is 263 g/mol. The standard InChI is InChI=1S/C12H7ClN2O3/c13-9-2-1-8-6(7(9)5-14)3-4-12(8)10(16)15-11(17)18-12/h1-2H,3-4H2,(H,15,16,17). The van der Waals surface area contributed by atoms with E-state index in [0.29, 0.717) is 34.6 Å². The number of hydrogen-bond donors (Lipinski definition) is 1. The highest BCUT2D eigenvalue weighted by atomic mass is 35.5. The summed E-state index contributed by atoms with van der Waals surface area (Å²) in [6.45, 7) is 0. The van der Waals surface area contributed by atoms with Crippen molar-refractivity contribution in [1.29, 1.82) is 5.26 Å². The molecule has 0 radical (unpaired) electrons. The monoisotopic (exact) mass is 262 g/mol. The first-order valence-corrected chi connectivity index (χ1v) is 5.72. The molecule has 1 aliphatic carbocycles. The smallest absolute Gasteiger partial charge is 0.415 e. The topological polar surface area (TPSA) is 79.2 Å². The van der Waals surface area contributed by atoms with Crippen LogP contribution in [-0.4, -0.2) is 12.0 Å². The van der Waals surface area contributed by atoms with Crippen LogP contribution in [0.1, 0.15) is 23.1 Å². The summed E-state index contributed by atoms with van der Waals surface area (Å²) in [6.07, 6.45) is 0.0790. The Morgan fingerprint density at radius 3 is 2.83 bits per heavy atom. The van der Waals surface area contributed by atoms with Crippen molar-refractivity contribution in [2.24, 2.45) is 0 Å². The Morgan fingerprint density at radius 2 is 2.22 bits per heavy atom. The van der Waals surface area contributed by atoms with E-state index in [1.807, 2.05) is 6.07 Å². The summed E-state index contributed by atoms with van der Waals surface area (Å²) in [5.74, 6) is -0.475. The van der Waals surface area contributed by atoms with Crippen molar-refractivity contribution in [2.45, 2.75) is 18.4 Å². The zero-order valence-electron chi connectivity index (χ0n) is 9.12. The maximum Gasteiger partial charge on any atom is 0.415 e. The molecule has 1 heterocycles. The van der Waals surface area contributed by atoms with E-state index in [1.165, 1.54) is 0 Å². The molecule has 1 saturated heterocycles. The number of benzene rings is 1. The Morgan fingerprint density at radius 1 is 1.44 bits per heavy atom. The molecule has 0 aromatic heterocycles. The molecule has 1 aliphatic heterocycles. The molecule has 0 bridgehead atoms. The van der Waals surface area contributed by atoms with Gasteiger partial charge in [0.05, 0.1) is 10.6 Å². The molecule has 1 fully saturated rings. The number of nitriles is 1. The van der Waals surface area contributed by atoms with Gasteiger partial charge in [0, 0.05) is 12.0 Å². The van der Waals surface area contributed by atoms with E-state index in [-0.39, 0.29) is 0 Å². The number of nitrogens with zero attached hydrogens (tertiary/aromatic N) is 1. The summed E-state index contributed by atoms with van der Waals surface area (Å²) >= 11 is 5.94. The lowest BCUT2D eigenvalue weighted by Gasteiger charge is -2.19. The summed E-state index contributed by atoms with van der Waals surface area (Å²) in [7, 11) is 0. The average Bonchev–Trinajstić information content (AvgIpc) is 2.82. The van der Waals surface area contributed by atoms with Crippen LogP contribution in [0.2, 0.25) is 5.02 Å². The quantitative estimate of drug-likeness (QED) is 0.770. The molecule has 1 aromatic carbocycles. The van der Waals surface area contributed by atoms with Gasteiger partial charge in [-0.15, -0.1) is 0 Å². The molecule has 1 N–H and O–H groups in total. The molecule has 6 heteroatoms.